The van der Waals surface area contributed by atoms with Crippen molar-refractivity contribution in [3.8, 4) is 11.3 Å². The summed E-state index contributed by atoms with van der Waals surface area (Å²) in [5.74, 6) is -0.778. The van der Waals surface area contributed by atoms with Crippen LogP contribution in [0.25, 0.3) is 11.3 Å². The van der Waals surface area contributed by atoms with Gasteiger partial charge in [-0.15, -0.1) is 0 Å². The lowest BCUT2D eigenvalue weighted by Gasteiger charge is -2.00. The fraction of sp³-hybridized carbons (Fsp3) is 0. The SMILES string of the molecule is O=C(NO)c1ccc(-c2cc([N+](=O)[O-])ccc2Cl)o1. The lowest BCUT2D eigenvalue weighted by atomic mass is 10.1. The molecule has 0 bridgehead atoms. The van der Waals surface area contributed by atoms with Crippen LogP contribution in [0.1, 0.15) is 10.6 Å². The molecule has 1 aromatic carbocycles. The van der Waals surface area contributed by atoms with Gasteiger partial charge >= 0.3 is 5.91 Å². The van der Waals surface area contributed by atoms with Gasteiger partial charge in [0.2, 0.25) is 0 Å². The van der Waals surface area contributed by atoms with Gasteiger partial charge in [0.15, 0.2) is 5.76 Å². The summed E-state index contributed by atoms with van der Waals surface area (Å²) in [5, 5.41) is 19.4. The van der Waals surface area contributed by atoms with E-state index in [9.17, 15) is 14.9 Å². The number of nitro groups is 1. The Hall–Kier alpha value is -2.38. The molecule has 0 aliphatic carbocycles. The number of rotatable bonds is 3. The molecule has 7 nitrogen and oxygen atoms in total. The van der Waals surface area contributed by atoms with Gasteiger partial charge in [-0.1, -0.05) is 11.6 Å². The number of nitrogens with zero attached hydrogens (tertiary/aromatic N) is 1. The molecule has 8 heteroatoms. The minimum atomic E-state index is -0.826. The number of furan rings is 1. The zero-order chi connectivity index (χ0) is 14.0. The normalized spacial score (nSPS) is 10.2. The fourth-order valence-electron chi connectivity index (χ4n) is 1.48. The first-order chi connectivity index (χ1) is 9.02. The summed E-state index contributed by atoms with van der Waals surface area (Å²) in [6.45, 7) is 0. The van der Waals surface area contributed by atoms with Gasteiger partial charge in [-0.05, 0) is 18.2 Å². The summed E-state index contributed by atoms with van der Waals surface area (Å²) < 4.78 is 5.16. The summed E-state index contributed by atoms with van der Waals surface area (Å²) in [6.07, 6.45) is 0. The number of nitro benzene ring substituents is 1. The molecule has 0 saturated heterocycles. The molecule has 1 amide bonds. The third-order valence-electron chi connectivity index (χ3n) is 2.36. The molecule has 0 saturated carbocycles. The minimum absolute atomic E-state index is 0.139. The molecule has 19 heavy (non-hydrogen) atoms. The molecule has 98 valence electrons. The quantitative estimate of drug-likeness (QED) is 0.511. The van der Waals surface area contributed by atoms with E-state index in [1.165, 1.54) is 35.8 Å². The standard InChI is InChI=1S/C11H7ClN2O5/c12-8-2-1-6(14(17)18)5-7(8)9-3-4-10(19-9)11(15)13-16/h1-5,16H,(H,13,15). The van der Waals surface area contributed by atoms with Crippen LogP contribution >= 0.6 is 11.6 Å². The largest absolute Gasteiger partial charge is 0.451 e. The number of amides is 1. The average molecular weight is 283 g/mol. The molecule has 0 radical (unpaired) electrons. The van der Waals surface area contributed by atoms with Crippen molar-refractivity contribution in [2.75, 3.05) is 0 Å². The second-order valence-corrected chi connectivity index (χ2v) is 3.93. The Bertz CT molecular complexity index is 652. The highest BCUT2D eigenvalue weighted by molar-refractivity contribution is 6.33. The van der Waals surface area contributed by atoms with Crippen LogP contribution in [0.3, 0.4) is 0 Å². The second kappa shape index (κ2) is 5.09. The van der Waals surface area contributed by atoms with Crippen LogP contribution in [-0.4, -0.2) is 16.0 Å². The lowest BCUT2D eigenvalue weighted by molar-refractivity contribution is -0.384. The molecular formula is C11H7ClN2O5. The summed E-state index contributed by atoms with van der Waals surface area (Å²) in [5.41, 5.74) is 1.55. The van der Waals surface area contributed by atoms with Gasteiger partial charge < -0.3 is 4.42 Å². The van der Waals surface area contributed by atoms with E-state index in [1.54, 1.807) is 0 Å². The Kier molecular flexibility index (Phi) is 3.50. The Labute approximate surface area is 111 Å². The molecule has 2 aromatic rings. The van der Waals surface area contributed by atoms with E-state index >= 15 is 0 Å². The zero-order valence-electron chi connectivity index (χ0n) is 9.29. The number of carbonyl (C=O) groups excluding carboxylic acids is 1. The van der Waals surface area contributed by atoms with Crippen LogP contribution in [0.4, 0.5) is 5.69 Å². The van der Waals surface area contributed by atoms with E-state index in [1.807, 2.05) is 0 Å². The van der Waals surface area contributed by atoms with Crippen molar-refractivity contribution in [3.63, 3.8) is 0 Å². The maximum Gasteiger partial charge on any atom is 0.310 e. The van der Waals surface area contributed by atoms with Gasteiger partial charge in [0.1, 0.15) is 5.76 Å². The number of non-ortho nitro benzene ring substituents is 1. The Morgan fingerprint density at radius 2 is 2.11 bits per heavy atom. The molecule has 0 spiro atoms. The maximum atomic E-state index is 11.1. The lowest BCUT2D eigenvalue weighted by Crippen LogP contribution is -2.17. The monoisotopic (exact) mass is 282 g/mol. The highest BCUT2D eigenvalue weighted by atomic mass is 35.5. The number of benzene rings is 1. The molecule has 1 aromatic heterocycles. The first-order valence-electron chi connectivity index (χ1n) is 5.01. The van der Waals surface area contributed by atoms with Crippen molar-refractivity contribution in [3.05, 3.63) is 51.2 Å². The summed E-state index contributed by atoms with van der Waals surface area (Å²) in [4.78, 5) is 21.2. The van der Waals surface area contributed by atoms with Crippen LogP contribution in [0.15, 0.2) is 34.7 Å². The highest BCUT2D eigenvalue weighted by Gasteiger charge is 2.16. The first kappa shape index (κ1) is 13.1. The highest BCUT2D eigenvalue weighted by Crippen LogP contribution is 2.32. The van der Waals surface area contributed by atoms with Crippen molar-refractivity contribution in [2.24, 2.45) is 0 Å². The van der Waals surface area contributed by atoms with Crippen molar-refractivity contribution in [2.45, 2.75) is 0 Å². The van der Waals surface area contributed by atoms with Crippen LogP contribution in [-0.2, 0) is 0 Å². The van der Waals surface area contributed by atoms with E-state index < -0.39 is 10.8 Å². The van der Waals surface area contributed by atoms with E-state index in [4.69, 9.17) is 21.2 Å². The number of nitrogens with one attached hydrogen (secondary N) is 1. The van der Waals surface area contributed by atoms with Gasteiger partial charge in [0.05, 0.1) is 9.95 Å². The molecule has 1 heterocycles. The molecule has 2 N–H and O–H groups in total. The summed E-state index contributed by atoms with van der Waals surface area (Å²) in [7, 11) is 0. The predicted octanol–water partition coefficient (Wildman–Crippen LogP) is 2.63. The summed E-state index contributed by atoms with van der Waals surface area (Å²) >= 11 is 5.93. The Morgan fingerprint density at radius 1 is 1.37 bits per heavy atom. The van der Waals surface area contributed by atoms with Crippen molar-refractivity contribution >= 4 is 23.2 Å². The Morgan fingerprint density at radius 3 is 2.74 bits per heavy atom. The van der Waals surface area contributed by atoms with Gasteiger partial charge in [-0.25, -0.2) is 5.48 Å². The third-order valence-corrected chi connectivity index (χ3v) is 2.69. The van der Waals surface area contributed by atoms with Crippen LogP contribution in [0, 0.1) is 10.1 Å². The first-order valence-corrected chi connectivity index (χ1v) is 5.39. The number of halogens is 1. The maximum absolute atomic E-state index is 11.1. The van der Waals surface area contributed by atoms with E-state index in [0.29, 0.717) is 0 Å². The molecule has 0 aliphatic rings. The van der Waals surface area contributed by atoms with Crippen molar-refractivity contribution in [1.29, 1.82) is 0 Å². The van der Waals surface area contributed by atoms with E-state index in [0.717, 1.165) is 0 Å². The topological polar surface area (TPSA) is 106 Å². The minimum Gasteiger partial charge on any atom is -0.451 e. The molecular weight excluding hydrogens is 276 g/mol. The predicted molar refractivity (Wildman–Crippen MR) is 65.1 cm³/mol. The van der Waals surface area contributed by atoms with Gasteiger partial charge in [0, 0.05) is 17.7 Å². The van der Waals surface area contributed by atoms with Gasteiger partial charge in [0.25, 0.3) is 5.69 Å². The molecule has 0 fully saturated rings. The van der Waals surface area contributed by atoms with Crippen LogP contribution in [0.5, 0.6) is 0 Å². The Balaban J connectivity index is 2.46. The fourth-order valence-corrected chi connectivity index (χ4v) is 1.69. The number of carbonyl (C=O) groups is 1. The van der Waals surface area contributed by atoms with Gasteiger partial charge in [-0.2, -0.15) is 0 Å². The smallest absolute Gasteiger partial charge is 0.310 e. The molecule has 0 aliphatic heterocycles. The zero-order valence-corrected chi connectivity index (χ0v) is 10.0. The molecule has 0 atom stereocenters. The van der Waals surface area contributed by atoms with Crippen molar-refractivity contribution in [1.82, 2.24) is 5.48 Å². The van der Waals surface area contributed by atoms with E-state index in [2.05, 4.69) is 0 Å². The number of hydrogen-bond donors (Lipinski definition) is 2. The number of hydrogen-bond acceptors (Lipinski definition) is 5. The van der Waals surface area contributed by atoms with Crippen LogP contribution in [0.2, 0.25) is 5.02 Å². The average Bonchev–Trinajstić information content (AvgIpc) is 2.87. The second-order valence-electron chi connectivity index (χ2n) is 3.53. The molecule has 2 rings (SSSR count). The summed E-state index contributed by atoms with van der Waals surface area (Å²) in [6, 6.07) is 6.60. The number of hydroxylamine groups is 1. The molecule has 0 unspecified atom stereocenters. The van der Waals surface area contributed by atoms with E-state index in [-0.39, 0.29) is 27.8 Å². The third kappa shape index (κ3) is 2.56. The van der Waals surface area contributed by atoms with Crippen LogP contribution < -0.4 is 5.48 Å². The van der Waals surface area contributed by atoms with Gasteiger partial charge in [-0.3, -0.25) is 20.1 Å². The van der Waals surface area contributed by atoms with Crippen molar-refractivity contribution < 1.29 is 19.3 Å².